The lowest BCUT2D eigenvalue weighted by Crippen LogP contribution is -2.30. The zero-order chi connectivity index (χ0) is 77.2. The Morgan fingerprint density at radius 2 is 0.486 bits per heavy atom. The number of hydrogen-bond acceptors (Lipinski definition) is 15. The quantitative estimate of drug-likeness (QED) is 0.0222. The molecule has 6 atom stereocenters. The summed E-state index contributed by atoms with van der Waals surface area (Å²) < 4.78 is 68.9. The van der Waals surface area contributed by atoms with E-state index < -0.39 is 97.5 Å². The molecule has 3 N–H and O–H groups in total. The number of aliphatic hydroxyl groups is 1. The summed E-state index contributed by atoms with van der Waals surface area (Å²) in [5.41, 5.74) is 0. The van der Waals surface area contributed by atoms with Crippen LogP contribution >= 0.6 is 15.6 Å². The number of ether oxygens (including phenoxy) is 4. The summed E-state index contributed by atoms with van der Waals surface area (Å²) in [7, 11) is -9.93. The van der Waals surface area contributed by atoms with E-state index in [0.717, 1.165) is 108 Å². The molecule has 0 radical (unpaired) electrons. The largest absolute Gasteiger partial charge is 0.472 e. The molecule has 0 aromatic rings. The van der Waals surface area contributed by atoms with Gasteiger partial charge < -0.3 is 33.8 Å². The molecule has 0 rings (SSSR count). The van der Waals surface area contributed by atoms with Gasteiger partial charge in [-0.3, -0.25) is 37.3 Å². The minimum atomic E-state index is -4.97. The topological polar surface area (TPSA) is 237 Å². The molecule has 624 valence electrons. The van der Waals surface area contributed by atoms with Gasteiger partial charge in [0.05, 0.1) is 26.4 Å². The van der Waals surface area contributed by atoms with Crippen LogP contribution < -0.4 is 0 Å². The summed E-state index contributed by atoms with van der Waals surface area (Å²) in [5.74, 6) is 0.268. The van der Waals surface area contributed by atoms with Crippen LogP contribution in [0.2, 0.25) is 0 Å². The van der Waals surface area contributed by atoms with Crippen LogP contribution in [-0.2, 0) is 65.4 Å². The normalized spacial score (nSPS) is 14.1. The van der Waals surface area contributed by atoms with Gasteiger partial charge in [0.2, 0.25) is 0 Å². The van der Waals surface area contributed by atoms with Crippen LogP contribution in [-0.4, -0.2) is 96.7 Å². The molecule has 0 aliphatic carbocycles. The number of rotatable bonds is 84. The van der Waals surface area contributed by atoms with Gasteiger partial charge in [-0.05, 0) is 43.4 Å². The monoisotopic (exact) mass is 1540 g/mol. The van der Waals surface area contributed by atoms with E-state index in [9.17, 15) is 43.2 Å². The smallest absolute Gasteiger partial charge is 0.462 e. The molecule has 0 saturated heterocycles. The summed E-state index contributed by atoms with van der Waals surface area (Å²) in [5, 5.41) is 10.7. The van der Waals surface area contributed by atoms with Crippen molar-refractivity contribution < 1.29 is 80.2 Å². The molecule has 0 saturated carbocycles. The number of carbonyl (C=O) groups excluding carboxylic acids is 4. The Labute approximate surface area is 645 Å². The van der Waals surface area contributed by atoms with Crippen LogP contribution in [0.1, 0.15) is 453 Å². The average Bonchev–Trinajstić information content (AvgIpc) is 0.909. The maximum atomic E-state index is 13.1. The first kappa shape index (κ1) is 103. The molecule has 105 heavy (non-hydrogen) atoms. The van der Waals surface area contributed by atoms with Crippen molar-refractivity contribution in [3.63, 3.8) is 0 Å². The second-order valence-electron chi connectivity index (χ2n) is 32.1. The summed E-state index contributed by atoms with van der Waals surface area (Å²) in [4.78, 5) is 73.3. The number of phosphoric acid groups is 2. The minimum absolute atomic E-state index is 0.107. The van der Waals surface area contributed by atoms with Gasteiger partial charge in [-0.1, -0.05) is 402 Å². The summed E-state index contributed by atoms with van der Waals surface area (Å²) in [6, 6.07) is 0. The predicted molar refractivity (Wildman–Crippen MR) is 432 cm³/mol. The second kappa shape index (κ2) is 76.1. The number of hydrogen-bond donors (Lipinski definition) is 3. The van der Waals surface area contributed by atoms with E-state index in [1.807, 2.05) is 0 Å². The molecule has 0 aliphatic rings. The average molecular weight is 1540 g/mol. The van der Waals surface area contributed by atoms with E-state index in [1.54, 1.807) is 0 Å². The van der Waals surface area contributed by atoms with Crippen LogP contribution in [0.4, 0.5) is 0 Å². The molecule has 0 aromatic heterocycles. The van der Waals surface area contributed by atoms with Crippen molar-refractivity contribution in [1.29, 1.82) is 0 Å². The minimum Gasteiger partial charge on any atom is -0.462 e. The van der Waals surface area contributed by atoms with Gasteiger partial charge in [0.1, 0.15) is 19.3 Å². The highest BCUT2D eigenvalue weighted by molar-refractivity contribution is 7.47. The van der Waals surface area contributed by atoms with Crippen molar-refractivity contribution in [3.05, 3.63) is 0 Å². The van der Waals surface area contributed by atoms with E-state index in [1.165, 1.54) is 263 Å². The SMILES string of the molecule is CCCCCCCCCCCCCCCCCCCCCC(=O)O[C@H](COC(=O)CCCCCCCCCCCCCCCCC(C)C)COP(=O)(O)OC[C@@H](O)COP(=O)(O)OC[C@@H](COC(=O)CCCCCCCCCCC(C)CC)OC(=O)CCCCCCCCCCCCCCCCC(C)C. The van der Waals surface area contributed by atoms with Crippen molar-refractivity contribution in [3.8, 4) is 0 Å². The van der Waals surface area contributed by atoms with Gasteiger partial charge in [0, 0.05) is 25.7 Å². The zero-order valence-corrected chi connectivity index (χ0v) is 71.0. The third kappa shape index (κ3) is 78.5. The van der Waals surface area contributed by atoms with Crippen molar-refractivity contribution in [1.82, 2.24) is 0 Å². The summed E-state index contributed by atoms with van der Waals surface area (Å²) >= 11 is 0. The standard InChI is InChI=1S/C86H168O17P2/c1-8-10-11-12-13-14-15-16-17-18-19-20-21-29-34-39-48-55-62-69-85(90)102-81(73-96-83(88)67-60-53-46-38-33-28-24-22-26-31-36-43-50-57-64-77(3)4)75-100-104(92,93)98-71-80(87)72-99-105(94,95)101-76-82(74-97-84(89)68-61-54-47-42-41-45-52-59-66-79(7)9-2)103-86(91)70-63-56-49-40-35-30-25-23-27-32-37-44-51-58-65-78(5)6/h77-82,87H,8-76H2,1-7H3,(H,92,93)(H,94,95)/t79?,80-,81-,82-/m1/s1. The third-order valence-electron chi connectivity index (χ3n) is 20.5. The van der Waals surface area contributed by atoms with Gasteiger partial charge in [-0.2, -0.15) is 0 Å². The Hall–Kier alpha value is -1.94. The Morgan fingerprint density at radius 3 is 0.724 bits per heavy atom. The number of esters is 4. The van der Waals surface area contributed by atoms with Gasteiger partial charge in [0.25, 0.3) is 0 Å². The molecule has 0 aliphatic heterocycles. The van der Waals surface area contributed by atoms with E-state index >= 15 is 0 Å². The first-order valence-corrected chi connectivity index (χ1v) is 47.4. The molecule has 0 bridgehead atoms. The van der Waals surface area contributed by atoms with Crippen molar-refractivity contribution in [2.45, 2.75) is 471 Å². The first-order valence-electron chi connectivity index (χ1n) is 44.4. The number of phosphoric ester groups is 2. The van der Waals surface area contributed by atoms with Crippen LogP contribution in [0.15, 0.2) is 0 Å². The highest BCUT2D eigenvalue weighted by atomic mass is 31.2. The van der Waals surface area contributed by atoms with E-state index in [4.69, 9.17) is 37.0 Å². The Balaban J connectivity index is 5.27. The molecule has 0 heterocycles. The van der Waals surface area contributed by atoms with Crippen molar-refractivity contribution in [2.24, 2.45) is 17.8 Å². The molecule has 3 unspecified atom stereocenters. The van der Waals surface area contributed by atoms with Crippen molar-refractivity contribution >= 4 is 39.5 Å². The van der Waals surface area contributed by atoms with Gasteiger partial charge in [-0.25, -0.2) is 9.13 Å². The summed E-state index contributed by atoms with van der Waals surface area (Å²) in [6.07, 6.45) is 66.5. The molecule has 0 aromatic carbocycles. The highest BCUT2D eigenvalue weighted by Crippen LogP contribution is 2.45. The number of aliphatic hydroxyl groups excluding tert-OH is 1. The maximum absolute atomic E-state index is 13.1. The molecule has 0 fully saturated rings. The molecular weight excluding hydrogens is 1370 g/mol. The first-order chi connectivity index (χ1) is 50.8. The maximum Gasteiger partial charge on any atom is 0.472 e. The predicted octanol–water partition coefficient (Wildman–Crippen LogP) is 26.1. The molecule has 0 amide bonds. The van der Waals surface area contributed by atoms with Gasteiger partial charge in [0.15, 0.2) is 12.2 Å². The Morgan fingerprint density at radius 1 is 0.276 bits per heavy atom. The lowest BCUT2D eigenvalue weighted by molar-refractivity contribution is -0.161. The molecule has 0 spiro atoms. The van der Waals surface area contributed by atoms with Crippen LogP contribution in [0, 0.1) is 17.8 Å². The van der Waals surface area contributed by atoms with E-state index in [-0.39, 0.29) is 25.7 Å². The van der Waals surface area contributed by atoms with Crippen LogP contribution in [0.5, 0.6) is 0 Å². The van der Waals surface area contributed by atoms with Gasteiger partial charge >= 0.3 is 39.5 Å². The fraction of sp³-hybridized carbons (Fsp3) is 0.953. The van der Waals surface area contributed by atoms with Gasteiger partial charge in [-0.15, -0.1) is 0 Å². The Kier molecular flexibility index (Phi) is 74.7. The number of unbranched alkanes of at least 4 members (excludes halogenated alkanes) is 51. The highest BCUT2D eigenvalue weighted by Gasteiger charge is 2.30. The van der Waals surface area contributed by atoms with Crippen LogP contribution in [0.25, 0.3) is 0 Å². The number of carbonyl (C=O) groups is 4. The molecule has 17 nitrogen and oxygen atoms in total. The third-order valence-corrected chi connectivity index (χ3v) is 22.4. The van der Waals surface area contributed by atoms with Crippen molar-refractivity contribution in [2.75, 3.05) is 39.6 Å². The lowest BCUT2D eigenvalue weighted by Gasteiger charge is -2.21. The fourth-order valence-electron chi connectivity index (χ4n) is 13.3. The fourth-order valence-corrected chi connectivity index (χ4v) is 14.9. The zero-order valence-electron chi connectivity index (χ0n) is 69.2. The van der Waals surface area contributed by atoms with E-state index in [2.05, 4.69) is 48.5 Å². The Bertz CT molecular complexity index is 2030. The second-order valence-corrected chi connectivity index (χ2v) is 35.0. The van der Waals surface area contributed by atoms with Crippen LogP contribution in [0.3, 0.4) is 0 Å². The summed E-state index contributed by atoms with van der Waals surface area (Å²) in [6.45, 7) is 12.0. The molecule has 19 heteroatoms. The molecular formula is C86H168O17P2. The van der Waals surface area contributed by atoms with E-state index in [0.29, 0.717) is 25.7 Å². The lowest BCUT2D eigenvalue weighted by atomic mass is 9.99.